The Hall–Kier alpha value is -1.28. The largest absolute Gasteiger partial charge is 0.472 e. The lowest BCUT2D eigenvalue weighted by atomic mass is 10.0. The van der Waals surface area contributed by atoms with Gasteiger partial charge < -0.3 is 19.8 Å². The molecule has 0 aromatic rings. The molecule has 0 radical (unpaired) electrons. The molecule has 69 heavy (non-hydrogen) atoms. The Balaban J connectivity index is 4.21. The number of aliphatic hydroxyl groups is 1. The van der Waals surface area contributed by atoms with Gasteiger partial charge in [0.25, 0.3) is 0 Å². The molecule has 3 N–H and O–H groups in total. The fraction of sp³-hybridized carbons (Fsp3) is 0.883. The van der Waals surface area contributed by atoms with Gasteiger partial charge in [0.05, 0.1) is 39.9 Å². The van der Waals surface area contributed by atoms with Crippen LogP contribution in [0.1, 0.15) is 290 Å². The summed E-state index contributed by atoms with van der Waals surface area (Å²) in [4.78, 5) is 23.3. The van der Waals surface area contributed by atoms with Crippen molar-refractivity contribution in [2.45, 2.75) is 302 Å². The maximum absolute atomic E-state index is 13.0. The molecule has 3 atom stereocenters. The van der Waals surface area contributed by atoms with Gasteiger partial charge in [0.2, 0.25) is 5.91 Å². The third kappa shape index (κ3) is 54.3. The quantitative estimate of drug-likeness (QED) is 0.0243. The van der Waals surface area contributed by atoms with E-state index in [-0.39, 0.29) is 19.1 Å². The Bertz CT molecular complexity index is 1220. The number of quaternary nitrogens is 1. The standard InChI is InChI=1S/C60H117N2O6P/c1-6-8-10-12-14-16-18-20-22-24-26-28-30-31-32-34-36-38-40-42-44-46-48-50-52-54-60(64)61-58(57-68-69(65,66)67-56-55-62(3,4)5)59(63)53-51-49-47-45-43-41-39-37-35-33-29-27-25-23-21-19-17-15-13-11-9-7-2/h24,26,43,45,51,53,58-59,63H,6-23,25,27-42,44,46-50,52,54-57H2,1-5H3,(H-,61,64,65,66)/p+1/b26-24-,45-43+,53-51+. The van der Waals surface area contributed by atoms with Crippen molar-refractivity contribution in [3.8, 4) is 0 Å². The van der Waals surface area contributed by atoms with Crippen LogP contribution in [0.5, 0.6) is 0 Å². The number of carbonyl (C=O) groups excluding carboxylic acids is 1. The number of likely N-dealkylation sites (N-methyl/N-ethyl adjacent to an activating group) is 1. The summed E-state index contributed by atoms with van der Waals surface area (Å²) >= 11 is 0. The van der Waals surface area contributed by atoms with Crippen molar-refractivity contribution in [3.05, 3.63) is 36.5 Å². The number of carbonyl (C=O) groups is 1. The van der Waals surface area contributed by atoms with E-state index >= 15 is 0 Å². The lowest BCUT2D eigenvalue weighted by molar-refractivity contribution is -0.870. The zero-order chi connectivity index (χ0) is 50.6. The Morgan fingerprint density at radius 3 is 1.16 bits per heavy atom. The van der Waals surface area contributed by atoms with Gasteiger partial charge in [-0.2, -0.15) is 0 Å². The van der Waals surface area contributed by atoms with Crippen molar-refractivity contribution in [1.29, 1.82) is 0 Å². The summed E-state index contributed by atoms with van der Waals surface area (Å²) < 4.78 is 23.7. The summed E-state index contributed by atoms with van der Waals surface area (Å²) in [6, 6.07) is -0.863. The highest BCUT2D eigenvalue weighted by atomic mass is 31.2. The molecule has 0 heterocycles. The Kier molecular flexibility index (Phi) is 50.7. The molecule has 0 aliphatic carbocycles. The first-order valence-corrected chi connectivity index (χ1v) is 31.4. The van der Waals surface area contributed by atoms with Gasteiger partial charge in [0.1, 0.15) is 13.2 Å². The fourth-order valence-corrected chi connectivity index (χ4v) is 9.61. The molecule has 0 aromatic carbocycles. The second-order valence-electron chi connectivity index (χ2n) is 21.7. The highest BCUT2D eigenvalue weighted by Crippen LogP contribution is 2.43. The predicted molar refractivity (Wildman–Crippen MR) is 300 cm³/mol. The maximum atomic E-state index is 13.0. The highest BCUT2D eigenvalue weighted by molar-refractivity contribution is 7.47. The van der Waals surface area contributed by atoms with E-state index in [1.54, 1.807) is 6.08 Å². The fourth-order valence-electron chi connectivity index (χ4n) is 8.88. The van der Waals surface area contributed by atoms with E-state index in [1.807, 2.05) is 27.2 Å². The van der Waals surface area contributed by atoms with Crippen molar-refractivity contribution >= 4 is 13.7 Å². The van der Waals surface area contributed by atoms with Crippen LogP contribution in [-0.2, 0) is 18.4 Å². The number of nitrogens with one attached hydrogen (secondary N) is 1. The summed E-state index contributed by atoms with van der Waals surface area (Å²) in [5.74, 6) is -0.183. The normalized spacial score (nSPS) is 14.1. The van der Waals surface area contributed by atoms with Crippen molar-refractivity contribution in [1.82, 2.24) is 5.32 Å². The molecule has 0 saturated carbocycles. The third-order valence-electron chi connectivity index (χ3n) is 13.6. The average Bonchev–Trinajstić information content (AvgIpc) is 3.31. The third-order valence-corrected chi connectivity index (χ3v) is 14.6. The molecule has 0 aliphatic rings. The van der Waals surface area contributed by atoms with E-state index in [0.717, 1.165) is 38.5 Å². The van der Waals surface area contributed by atoms with Crippen LogP contribution in [0, 0.1) is 0 Å². The number of phosphoric acid groups is 1. The minimum Gasteiger partial charge on any atom is -0.387 e. The monoisotopic (exact) mass is 994 g/mol. The number of hydrogen-bond donors (Lipinski definition) is 3. The highest BCUT2D eigenvalue weighted by Gasteiger charge is 2.27. The number of amides is 1. The van der Waals surface area contributed by atoms with Crippen molar-refractivity contribution in [2.75, 3.05) is 40.9 Å². The van der Waals surface area contributed by atoms with E-state index in [0.29, 0.717) is 17.4 Å². The lowest BCUT2D eigenvalue weighted by Gasteiger charge is -2.25. The molecule has 0 spiro atoms. The number of hydrogen-bond acceptors (Lipinski definition) is 5. The SMILES string of the molecule is CCCCCCCCCC/C=C\CCCCCCCCCCCCCCCC(=O)NC(COP(=O)(O)OCC[N+](C)(C)C)C(O)/C=C/CC/C=C/CCCCCCCCCCCCCCCCCC. The molecule has 9 heteroatoms. The number of aliphatic hydroxyl groups excluding tert-OH is 1. The van der Waals surface area contributed by atoms with Gasteiger partial charge in [-0.1, -0.05) is 262 Å². The van der Waals surface area contributed by atoms with Crippen molar-refractivity contribution < 1.29 is 32.9 Å². The molecule has 0 saturated heterocycles. The zero-order valence-corrected chi connectivity index (χ0v) is 47.5. The summed E-state index contributed by atoms with van der Waals surface area (Å²) in [5.41, 5.74) is 0. The van der Waals surface area contributed by atoms with Crippen LogP contribution in [0.2, 0.25) is 0 Å². The second kappa shape index (κ2) is 51.6. The van der Waals surface area contributed by atoms with Gasteiger partial charge >= 0.3 is 7.82 Å². The predicted octanol–water partition coefficient (Wildman–Crippen LogP) is 18.2. The molecule has 3 unspecified atom stereocenters. The van der Waals surface area contributed by atoms with Crippen LogP contribution in [0.15, 0.2) is 36.5 Å². The van der Waals surface area contributed by atoms with Crippen LogP contribution >= 0.6 is 7.82 Å². The Labute approximate surface area is 429 Å². The minimum absolute atomic E-state index is 0.0572. The molecular formula is C60H118N2O6P+. The Morgan fingerprint density at radius 2 is 0.797 bits per heavy atom. The van der Waals surface area contributed by atoms with Gasteiger partial charge in [-0.05, 0) is 57.8 Å². The molecule has 1 amide bonds. The van der Waals surface area contributed by atoms with Crippen LogP contribution in [0.4, 0.5) is 0 Å². The number of phosphoric ester groups is 1. The summed E-state index contributed by atoms with van der Waals surface area (Å²) in [7, 11) is 1.56. The minimum atomic E-state index is -4.35. The van der Waals surface area contributed by atoms with Crippen LogP contribution in [0.25, 0.3) is 0 Å². The summed E-state index contributed by atoms with van der Waals surface area (Å²) in [6.45, 7) is 4.83. The lowest BCUT2D eigenvalue weighted by Crippen LogP contribution is -2.45. The Morgan fingerprint density at radius 1 is 0.478 bits per heavy atom. The summed E-state index contributed by atoms with van der Waals surface area (Å²) in [6.07, 6.45) is 66.8. The first kappa shape index (κ1) is 67.7. The molecule has 408 valence electrons. The molecular weight excluding hydrogens is 876 g/mol. The van der Waals surface area contributed by atoms with Crippen LogP contribution in [-0.4, -0.2) is 73.4 Å². The number of rotatable bonds is 55. The molecule has 0 fully saturated rings. The first-order valence-electron chi connectivity index (χ1n) is 29.9. The topological polar surface area (TPSA) is 105 Å². The number of allylic oxidation sites excluding steroid dienone is 5. The van der Waals surface area contributed by atoms with Gasteiger partial charge in [-0.3, -0.25) is 13.8 Å². The van der Waals surface area contributed by atoms with Gasteiger partial charge in [-0.15, -0.1) is 0 Å². The molecule has 0 aromatic heterocycles. The summed E-state index contributed by atoms with van der Waals surface area (Å²) in [5, 5.41) is 13.9. The van der Waals surface area contributed by atoms with E-state index in [2.05, 4.69) is 43.5 Å². The maximum Gasteiger partial charge on any atom is 0.472 e. The number of unbranched alkanes of at least 4 members (excludes halogenated alkanes) is 38. The van der Waals surface area contributed by atoms with Gasteiger partial charge in [0.15, 0.2) is 0 Å². The van der Waals surface area contributed by atoms with Crippen molar-refractivity contribution in [3.63, 3.8) is 0 Å². The van der Waals surface area contributed by atoms with Crippen molar-refractivity contribution in [2.24, 2.45) is 0 Å². The van der Waals surface area contributed by atoms with E-state index < -0.39 is 20.0 Å². The smallest absolute Gasteiger partial charge is 0.387 e. The second-order valence-corrected chi connectivity index (χ2v) is 23.2. The van der Waals surface area contributed by atoms with Gasteiger partial charge in [-0.25, -0.2) is 4.57 Å². The van der Waals surface area contributed by atoms with E-state index in [9.17, 15) is 19.4 Å². The van der Waals surface area contributed by atoms with Gasteiger partial charge in [0, 0.05) is 6.42 Å². The molecule has 0 aliphatic heterocycles. The molecule has 0 rings (SSSR count). The van der Waals surface area contributed by atoms with Crippen LogP contribution < -0.4 is 5.32 Å². The first-order chi connectivity index (χ1) is 33.5. The number of nitrogens with zero attached hydrogens (tertiary/aromatic N) is 1. The molecule has 0 bridgehead atoms. The van der Waals surface area contributed by atoms with E-state index in [4.69, 9.17) is 9.05 Å². The molecule has 8 nitrogen and oxygen atoms in total. The van der Waals surface area contributed by atoms with E-state index in [1.165, 1.54) is 231 Å². The zero-order valence-electron chi connectivity index (χ0n) is 46.6. The average molecular weight is 995 g/mol. The van der Waals surface area contributed by atoms with Crippen LogP contribution in [0.3, 0.4) is 0 Å².